The SMILES string of the molecule is CN(C)[C@@H](c1ccc(S(N)(=O)=NC(=O)Nc2c3c(cc4c2CCC4)CCC3)cc1)C(F)(F)F. The van der Waals surface area contributed by atoms with Crippen molar-refractivity contribution >= 4 is 21.6 Å². The van der Waals surface area contributed by atoms with Crippen molar-refractivity contribution < 1.29 is 22.2 Å². The summed E-state index contributed by atoms with van der Waals surface area (Å²) in [6, 6.07) is 4.48. The number of urea groups is 1. The highest BCUT2D eigenvalue weighted by molar-refractivity contribution is 7.91. The van der Waals surface area contributed by atoms with E-state index < -0.39 is 28.2 Å². The Hall–Kier alpha value is -2.43. The summed E-state index contributed by atoms with van der Waals surface area (Å²) >= 11 is 0. The summed E-state index contributed by atoms with van der Waals surface area (Å²) in [6.07, 6.45) is 1.22. The van der Waals surface area contributed by atoms with Gasteiger partial charge in [-0.2, -0.15) is 13.2 Å². The second-order valence-corrected chi connectivity index (χ2v) is 10.6. The maximum atomic E-state index is 13.4. The van der Waals surface area contributed by atoms with Gasteiger partial charge in [-0.1, -0.05) is 18.2 Å². The number of carbonyl (C=O) groups is 1. The van der Waals surface area contributed by atoms with Crippen LogP contribution in [0.4, 0.5) is 23.7 Å². The van der Waals surface area contributed by atoms with E-state index >= 15 is 0 Å². The Morgan fingerprint density at radius 3 is 2.09 bits per heavy atom. The van der Waals surface area contributed by atoms with Gasteiger partial charge in [-0.05, 0) is 92.6 Å². The number of hydrogen-bond donors (Lipinski definition) is 2. The normalized spacial score (nSPS) is 17.9. The topological polar surface area (TPSA) is 87.8 Å². The van der Waals surface area contributed by atoms with Crippen molar-refractivity contribution in [3.8, 4) is 0 Å². The Kier molecular flexibility index (Phi) is 6.28. The fourth-order valence-corrected chi connectivity index (χ4v) is 5.82. The van der Waals surface area contributed by atoms with Gasteiger partial charge in [0, 0.05) is 5.69 Å². The molecule has 4 rings (SSSR count). The molecule has 6 nitrogen and oxygen atoms in total. The lowest BCUT2D eigenvalue weighted by Gasteiger charge is -2.27. The number of rotatable bonds is 4. The number of carbonyl (C=O) groups excluding carboxylic acids is 1. The smallest absolute Gasteiger partial charge is 0.305 e. The van der Waals surface area contributed by atoms with E-state index in [1.165, 1.54) is 49.5 Å². The Labute approximate surface area is 191 Å². The minimum Gasteiger partial charge on any atom is -0.305 e. The molecule has 0 spiro atoms. The summed E-state index contributed by atoms with van der Waals surface area (Å²) < 4.78 is 56.8. The molecule has 2 aliphatic rings. The van der Waals surface area contributed by atoms with Crippen LogP contribution in [0, 0.1) is 0 Å². The maximum Gasteiger partial charge on any atom is 0.408 e. The molecule has 0 bridgehead atoms. The lowest BCUT2D eigenvalue weighted by Crippen LogP contribution is -2.33. The third-order valence-corrected chi connectivity index (χ3v) is 7.67. The molecular weight excluding hydrogens is 453 g/mol. The molecule has 0 aromatic heterocycles. The molecule has 2 aromatic carbocycles. The molecule has 33 heavy (non-hydrogen) atoms. The molecule has 2 aromatic rings. The summed E-state index contributed by atoms with van der Waals surface area (Å²) in [7, 11) is -0.981. The maximum absolute atomic E-state index is 13.4. The molecule has 10 heteroatoms. The Bertz CT molecular complexity index is 1170. The quantitative estimate of drug-likeness (QED) is 0.661. The minimum atomic E-state index is -4.48. The van der Waals surface area contributed by atoms with Crippen LogP contribution in [0.2, 0.25) is 0 Å². The highest BCUT2D eigenvalue weighted by Crippen LogP contribution is 2.39. The fourth-order valence-electron chi connectivity index (χ4n) is 4.90. The van der Waals surface area contributed by atoms with Crippen LogP contribution < -0.4 is 10.5 Å². The van der Waals surface area contributed by atoms with E-state index in [0.29, 0.717) is 0 Å². The predicted molar refractivity (Wildman–Crippen MR) is 121 cm³/mol. The average molecular weight is 481 g/mol. The van der Waals surface area contributed by atoms with E-state index in [1.807, 2.05) is 0 Å². The zero-order valence-corrected chi connectivity index (χ0v) is 19.4. The van der Waals surface area contributed by atoms with E-state index in [0.717, 1.165) is 60.2 Å². The van der Waals surface area contributed by atoms with Gasteiger partial charge in [-0.25, -0.2) is 14.1 Å². The van der Waals surface area contributed by atoms with Gasteiger partial charge in [-0.3, -0.25) is 4.90 Å². The van der Waals surface area contributed by atoms with Gasteiger partial charge in [0.25, 0.3) is 0 Å². The first-order valence-corrected chi connectivity index (χ1v) is 12.4. The van der Waals surface area contributed by atoms with Crippen LogP contribution in [0.5, 0.6) is 0 Å². The van der Waals surface area contributed by atoms with Crippen LogP contribution in [0.15, 0.2) is 39.6 Å². The van der Waals surface area contributed by atoms with Crippen LogP contribution in [-0.4, -0.2) is 35.4 Å². The Morgan fingerprint density at radius 1 is 1.06 bits per heavy atom. The van der Waals surface area contributed by atoms with Crippen molar-refractivity contribution in [3.05, 3.63) is 58.1 Å². The lowest BCUT2D eigenvalue weighted by atomic mass is 9.99. The summed E-state index contributed by atoms with van der Waals surface area (Å²) in [5, 5.41) is 8.67. The number of aryl methyl sites for hydroxylation is 2. The van der Waals surface area contributed by atoms with Gasteiger partial charge < -0.3 is 5.32 Å². The molecule has 0 radical (unpaired) electrons. The number of amides is 2. The number of fused-ring (bicyclic) bond motifs is 2. The third-order valence-electron chi connectivity index (χ3n) is 6.28. The van der Waals surface area contributed by atoms with Crippen molar-refractivity contribution in [2.45, 2.75) is 55.6 Å². The van der Waals surface area contributed by atoms with Gasteiger partial charge in [-0.15, -0.1) is 4.36 Å². The highest BCUT2D eigenvalue weighted by atomic mass is 32.2. The van der Waals surface area contributed by atoms with Gasteiger partial charge in [0.05, 0.1) is 4.90 Å². The Balaban J connectivity index is 1.60. The summed E-state index contributed by atoms with van der Waals surface area (Å²) in [5.74, 6) is 0. The van der Waals surface area contributed by atoms with Gasteiger partial charge >= 0.3 is 12.2 Å². The van der Waals surface area contributed by atoms with Crippen molar-refractivity contribution in [2.24, 2.45) is 9.50 Å². The summed E-state index contributed by atoms with van der Waals surface area (Å²) in [5.41, 5.74) is 5.41. The number of hydrogen-bond acceptors (Lipinski definition) is 3. The summed E-state index contributed by atoms with van der Waals surface area (Å²) in [4.78, 5) is 13.7. The largest absolute Gasteiger partial charge is 0.408 e. The van der Waals surface area contributed by atoms with E-state index in [-0.39, 0.29) is 10.5 Å². The average Bonchev–Trinajstić information content (AvgIpc) is 3.35. The number of benzene rings is 2. The van der Waals surface area contributed by atoms with Crippen molar-refractivity contribution in [3.63, 3.8) is 0 Å². The van der Waals surface area contributed by atoms with Gasteiger partial charge in [0.2, 0.25) is 0 Å². The minimum absolute atomic E-state index is 0.00963. The molecule has 2 amide bonds. The number of anilines is 1. The monoisotopic (exact) mass is 480 g/mol. The molecule has 178 valence electrons. The molecule has 0 heterocycles. The number of nitrogens with zero attached hydrogens (tertiary/aromatic N) is 2. The number of nitrogens with one attached hydrogen (secondary N) is 1. The zero-order valence-electron chi connectivity index (χ0n) is 18.5. The first kappa shape index (κ1) is 23.7. The Morgan fingerprint density at radius 2 is 1.61 bits per heavy atom. The van der Waals surface area contributed by atoms with Gasteiger partial charge in [0.15, 0.2) is 0 Å². The lowest BCUT2D eigenvalue weighted by molar-refractivity contribution is -0.179. The second-order valence-electron chi connectivity index (χ2n) is 8.80. The molecule has 0 saturated heterocycles. The molecule has 0 fully saturated rings. The van der Waals surface area contributed by atoms with E-state index in [1.54, 1.807) is 0 Å². The standard InChI is InChI=1S/C23H27F3N4O2S/c1-30(2)21(23(24,25)26)14-9-11-17(12-10-14)33(27,32)29-22(31)28-20-18-7-3-5-15(18)13-16-6-4-8-19(16)20/h9-13,21H,3-8H2,1-2H3,(H3,27,28,29,31,32)/t21-,33?/m0/s1. The first-order chi connectivity index (χ1) is 15.5. The highest BCUT2D eigenvalue weighted by Gasteiger charge is 2.42. The molecule has 1 unspecified atom stereocenters. The van der Waals surface area contributed by atoms with Crippen LogP contribution >= 0.6 is 0 Å². The van der Waals surface area contributed by atoms with Crippen molar-refractivity contribution in [2.75, 3.05) is 19.4 Å². The second kappa shape index (κ2) is 8.73. The van der Waals surface area contributed by atoms with E-state index in [4.69, 9.17) is 5.14 Å². The van der Waals surface area contributed by atoms with E-state index in [2.05, 4.69) is 15.7 Å². The number of halogens is 3. The van der Waals surface area contributed by atoms with Crippen LogP contribution in [0.1, 0.15) is 46.7 Å². The molecule has 0 saturated carbocycles. The number of alkyl halides is 3. The molecule has 2 atom stereocenters. The van der Waals surface area contributed by atoms with Crippen LogP contribution in [0.3, 0.4) is 0 Å². The molecule has 0 aliphatic heterocycles. The molecular formula is C23H27F3N4O2S. The predicted octanol–water partition coefficient (Wildman–Crippen LogP) is 4.76. The van der Waals surface area contributed by atoms with Crippen molar-refractivity contribution in [1.82, 2.24) is 4.90 Å². The molecule has 2 aliphatic carbocycles. The van der Waals surface area contributed by atoms with Crippen LogP contribution in [-0.2, 0) is 35.6 Å². The zero-order chi connectivity index (χ0) is 24.0. The summed E-state index contributed by atoms with van der Waals surface area (Å²) in [6.45, 7) is 0. The van der Waals surface area contributed by atoms with E-state index in [9.17, 15) is 22.2 Å². The first-order valence-electron chi connectivity index (χ1n) is 10.8. The van der Waals surface area contributed by atoms with Crippen LogP contribution in [0.25, 0.3) is 0 Å². The number of nitrogens with two attached hydrogens (primary N) is 1. The fraction of sp³-hybridized carbons (Fsp3) is 0.435. The van der Waals surface area contributed by atoms with Gasteiger partial charge in [0.1, 0.15) is 16.0 Å². The van der Waals surface area contributed by atoms with Crippen molar-refractivity contribution in [1.29, 1.82) is 0 Å². The third kappa shape index (κ3) is 4.78. The molecule has 3 N–H and O–H groups in total.